The van der Waals surface area contributed by atoms with Crippen LogP contribution in [0.1, 0.15) is 0 Å². The number of carbonyl (C=O) groups excluding carboxylic acids is 1. The molecule has 1 heterocycles. The van der Waals surface area contributed by atoms with Crippen molar-refractivity contribution in [2.24, 2.45) is 0 Å². The van der Waals surface area contributed by atoms with Gasteiger partial charge >= 0.3 is 0 Å². The van der Waals surface area contributed by atoms with Gasteiger partial charge in [0, 0.05) is 9.64 Å². The van der Waals surface area contributed by atoms with Crippen molar-refractivity contribution in [3.05, 3.63) is 46.2 Å². The fourth-order valence-corrected chi connectivity index (χ4v) is 1.81. The Kier molecular flexibility index (Phi) is 5.16. The Morgan fingerprint density at radius 1 is 1.25 bits per heavy atom. The van der Waals surface area contributed by atoms with Crippen LogP contribution in [0.2, 0.25) is 0 Å². The molecule has 0 bridgehead atoms. The number of benzene rings is 1. The van der Waals surface area contributed by atoms with Crippen LogP contribution in [0.25, 0.3) is 0 Å². The molecule has 104 valence electrons. The number of anilines is 1. The topological polar surface area (TPSA) is 60.5 Å². The monoisotopic (exact) mass is 384 g/mol. The zero-order valence-electron chi connectivity index (χ0n) is 10.8. The van der Waals surface area contributed by atoms with Crippen molar-refractivity contribution < 1.29 is 14.3 Å². The number of carbonyl (C=O) groups is 1. The standard InChI is InChI=1S/C14H13IN2O3/c1-19-14-7-4-11(8-16-14)17-13(18)9-20-12-5-2-10(15)3-6-12/h2-8H,9H2,1H3,(H,17,18). The van der Waals surface area contributed by atoms with Gasteiger partial charge in [-0.15, -0.1) is 0 Å². The van der Waals surface area contributed by atoms with Crippen molar-refractivity contribution in [2.75, 3.05) is 19.0 Å². The van der Waals surface area contributed by atoms with E-state index in [1.165, 1.54) is 13.3 Å². The van der Waals surface area contributed by atoms with Gasteiger partial charge in [-0.2, -0.15) is 0 Å². The molecule has 20 heavy (non-hydrogen) atoms. The molecule has 2 aromatic rings. The van der Waals surface area contributed by atoms with Crippen LogP contribution in [0, 0.1) is 3.57 Å². The Bertz CT molecular complexity index is 570. The lowest BCUT2D eigenvalue weighted by Gasteiger charge is -2.07. The van der Waals surface area contributed by atoms with E-state index in [1.54, 1.807) is 12.1 Å². The number of halogens is 1. The first-order valence-corrected chi connectivity index (χ1v) is 6.93. The minimum absolute atomic E-state index is 0.0490. The fourth-order valence-electron chi connectivity index (χ4n) is 1.45. The van der Waals surface area contributed by atoms with Crippen LogP contribution < -0.4 is 14.8 Å². The van der Waals surface area contributed by atoms with E-state index in [4.69, 9.17) is 9.47 Å². The second-order valence-corrected chi connectivity index (χ2v) is 5.13. The van der Waals surface area contributed by atoms with Crippen molar-refractivity contribution in [3.63, 3.8) is 0 Å². The summed E-state index contributed by atoms with van der Waals surface area (Å²) in [6.45, 7) is -0.0490. The summed E-state index contributed by atoms with van der Waals surface area (Å²) in [5.41, 5.74) is 0.599. The highest BCUT2D eigenvalue weighted by molar-refractivity contribution is 14.1. The van der Waals surface area contributed by atoms with Gasteiger partial charge in [-0.25, -0.2) is 4.98 Å². The number of hydrogen-bond donors (Lipinski definition) is 1. The third-order valence-corrected chi connectivity index (χ3v) is 3.13. The largest absolute Gasteiger partial charge is 0.484 e. The van der Waals surface area contributed by atoms with Crippen LogP contribution in [-0.4, -0.2) is 24.6 Å². The first-order valence-electron chi connectivity index (χ1n) is 5.85. The maximum absolute atomic E-state index is 11.7. The number of ether oxygens (including phenoxy) is 2. The van der Waals surface area contributed by atoms with Crippen molar-refractivity contribution in [2.45, 2.75) is 0 Å². The van der Waals surface area contributed by atoms with E-state index in [9.17, 15) is 4.79 Å². The van der Waals surface area contributed by atoms with E-state index in [1.807, 2.05) is 24.3 Å². The minimum Gasteiger partial charge on any atom is -0.484 e. The van der Waals surface area contributed by atoms with Crippen LogP contribution in [-0.2, 0) is 4.79 Å². The average Bonchev–Trinajstić information content (AvgIpc) is 2.47. The number of aromatic nitrogens is 1. The predicted molar refractivity (Wildman–Crippen MR) is 84.1 cm³/mol. The van der Waals surface area contributed by atoms with Crippen LogP contribution in [0.4, 0.5) is 5.69 Å². The van der Waals surface area contributed by atoms with Crippen molar-refractivity contribution in [3.8, 4) is 11.6 Å². The summed E-state index contributed by atoms with van der Waals surface area (Å²) in [6.07, 6.45) is 1.53. The lowest BCUT2D eigenvalue weighted by Crippen LogP contribution is -2.20. The zero-order valence-corrected chi connectivity index (χ0v) is 13.0. The van der Waals surface area contributed by atoms with E-state index in [0.717, 1.165) is 3.57 Å². The lowest BCUT2D eigenvalue weighted by atomic mass is 10.3. The van der Waals surface area contributed by atoms with Crippen molar-refractivity contribution in [1.82, 2.24) is 4.98 Å². The molecule has 1 aromatic heterocycles. The third-order valence-electron chi connectivity index (χ3n) is 2.41. The molecule has 0 atom stereocenters. The van der Waals surface area contributed by atoms with E-state index < -0.39 is 0 Å². The van der Waals surface area contributed by atoms with Gasteiger partial charge in [0.05, 0.1) is 19.0 Å². The normalized spacial score (nSPS) is 9.90. The number of amides is 1. The molecule has 1 aromatic carbocycles. The number of nitrogens with one attached hydrogen (secondary N) is 1. The highest BCUT2D eigenvalue weighted by Crippen LogP contribution is 2.14. The minimum atomic E-state index is -0.240. The van der Waals surface area contributed by atoms with Crippen LogP contribution in [0.3, 0.4) is 0 Å². The van der Waals surface area contributed by atoms with Gasteiger partial charge in [-0.05, 0) is 52.9 Å². The number of hydrogen-bond acceptors (Lipinski definition) is 4. The van der Waals surface area contributed by atoms with Gasteiger partial charge in [0.15, 0.2) is 6.61 Å². The van der Waals surface area contributed by atoms with Gasteiger partial charge < -0.3 is 14.8 Å². The molecule has 0 saturated heterocycles. The van der Waals surface area contributed by atoms with Gasteiger partial charge in [0.1, 0.15) is 5.75 Å². The summed E-state index contributed by atoms with van der Waals surface area (Å²) in [5.74, 6) is 0.919. The van der Waals surface area contributed by atoms with Gasteiger partial charge in [0.25, 0.3) is 5.91 Å². The molecule has 0 fully saturated rings. The van der Waals surface area contributed by atoms with Crippen molar-refractivity contribution >= 4 is 34.2 Å². The molecule has 0 unspecified atom stereocenters. The van der Waals surface area contributed by atoms with Gasteiger partial charge in [0.2, 0.25) is 5.88 Å². The molecule has 0 saturated carbocycles. The summed E-state index contributed by atoms with van der Waals surface area (Å²) in [5, 5.41) is 2.69. The molecule has 0 spiro atoms. The highest BCUT2D eigenvalue weighted by Gasteiger charge is 2.04. The summed E-state index contributed by atoms with van der Waals surface area (Å²) in [4.78, 5) is 15.7. The Labute approximate surface area is 130 Å². The summed E-state index contributed by atoms with van der Waals surface area (Å²) < 4.78 is 11.4. The van der Waals surface area contributed by atoms with Gasteiger partial charge in [-0.1, -0.05) is 0 Å². The van der Waals surface area contributed by atoms with E-state index >= 15 is 0 Å². The quantitative estimate of drug-likeness (QED) is 0.806. The maximum Gasteiger partial charge on any atom is 0.262 e. The SMILES string of the molecule is COc1ccc(NC(=O)COc2ccc(I)cc2)cn1. The second-order valence-electron chi connectivity index (χ2n) is 3.88. The second kappa shape index (κ2) is 7.09. The third kappa shape index (κ3) is 4.37. The summed E-state index contributed by atoms with van der Waals surface area (Å²) in [6, 6.07) is 10.9. The molecule has 1 N–H and O–H groups in total. The lowest BCUT2D eigenvalue weighted by molar-refractivity contribution is -0.118. The smallest absolute Gasteiger partial charge is 0.262 e. The summed E-state index contributed by atoms with van der Waals surface area (Å²) in [7, 11) is 1.54. The molecule has 1 amide bonds. The van der Waals surface area contributed by atoms with Gasteiger partial charge in [-0.3, -0.25) is 4.79 Å². The van der Waals surface area contributed by atoms with Crippen LogP contribution in [0.15, 0.2) is 42.6 Å². The molecule has 0 radical (unpaired) electrons. The fraction of sp³-hybridized carbons (Fsp3) is 0.143. The number of rotatable bonds is 5. The van der Waals surface area contributed by atoms with Crippen molar-refractivity contribution in [1.29, 1.82) is 0 Å². The predicted octanol–water partition coefficient (Wildman–Crippen LogP) is 2.71. The molecule has 5 nitrogen and oxygen atoms in total. The molecular formula is C14H13IN2O3. The Morgan fingerprint density at radius 2 is 2.00 bits per heavy atom. The average molecular weight is 384 g/mol. The first kappa shape index (κ1) is 14.6. The Balaban J connectivity index is 1.84. The van der Waals surface area contributed by atoms with Crippen LogP contribution in [0.5, 0.6) is 11.6 Å². The van der Waals surface area contributed by atoms with Crippen LogP contribution >= 0.6 is 22.6 Å². The first-order chi connectivity index (χ1) is 9.67. The Morgan fingerprint density at radius 3 is 2.60 bits per heavy atom. The number of nitrogens with zero attached hydrogens (tertiary/aromatic N) is 1. The van der Waals surface area contributed by atoms with E-state index in [0.29, 0.717) is 17.3 Å². The van der Waals surface area contributed by atoms with E-state index in [2.05, 4.69) is 32.9 Å². The Hall–Kier alpha value is -1.83. The zero-order chi connectivity index (χ0) is 14.4. The molecule has 0 aliphatic heterocycles. The summed E-state index contributed by atoms with van der Waals surface area (Å²) >= 11 is 2.21. The highest BCUT2D eigenvalue weighted by atomic mass is 127. The number of pyridine rings is 1. The molecule has 6 heteroatoms. The molecule has 2 rings (SSSR count). The molecular weight excluding hydrogens is 371 g/mol. The maximum atomic E-state index is 11.7. The number of methoxy groups -OCH3 is 1. The molecule has 0 aliphatic rings. The van der Waals surface area contributed by atoms with E-state index in [-0.39, 0.29) is 12.5 Å². The molecule has 0 aliphatic carbocycles.